The van der Waals surface area contributed by atoms with Crippen LogP contribution >= 0.6 is 0 Å². The van der Waals surface area contributed by atoms with E-state index >= 15 is 0 Å². The van der Waals surface area contributed by atoms with E-state index in [1.165, 1.54) is 6.20 Å². The monoisotopic (exact) mass is 386 g/mol. The third kappa shape index (κ3) is 4.04. The van der Waals surface area contributed by atoms with E-state index in [1.54, 1.807) is 26.0 Å². The molecule has 2 heterocycles. The zero-order valence-corrected chi connectivity index (χ0v) is 15.6. The third-order valence-corrected chi connectivity index (χ3v) is 4.39. The minimum Gasteiger partial charge on any atom is -0.460 e. The van der Waals surface area contributed by atoms with Gasteiger partial charge in [-0.3, -0.25) is 9.59 Å². The maximum absolute atomic E-state index is 12.9. The van der Waals surface area contributed by atoms with Gasteiger partial charge in [0.05, 0.1) is 24.8 Å². The maximum Gasteiger partial charge on any atom is 0.253 e. The van der Waals surface area contributed by atoms with Crippen LogP contribution in [0, 0.1) is 0 Å². The van der Waals surface area contributed by atoms with Crippen LogP contribution in [0.2, 0.25) is 0 Å². The number of pyridine rings is 1. The quantitative estimate of drug-likeness (QED) is 0.642. The van der Waals surface area contributed by atoms with Crippen LogP contribution in [0.3, 0.4) is 0 Å². The minimum atomic E-state index is -1.01. The number of fused-ring (bicyclic) bond motifs is 1. The number of Topliss-reactive ketones (excluding diaryl/α,β-unsaturated/α-hetero) is 1. The number of ether oxygens (including phenoxy) is 2. The Morgan fingerprint density at radius 2 is 1.96 bits per heavy atom. The molecule has 0 bridgehead atoms. The Labute approximate surface area is 162 Å². The van der Waals surface area contributed by atoms with E-state index in [1.807, 2.05) is 18.2 Å². The second-order valence-corrected chi connectivity index (χ2v) is 6.82. The lowest BCUT2D eigenvalue weighted by Gasteiger charge is -2.34. The molecule has 1 amide bonds. The van der Waals surface area contributed by atoms with Crippen molar-refractivity contribution >= 4 is 11.7 Å². The van der Waals surface area contributed by atoms with Gasteiger partial charge in [0.15, 0.2) is 11.4 Å². The molecule has 1 aromatic carbocycles. The number of rotatable bonds is 6. The van der Waals surface area contributed by atoms with Crippen LogP contribution in [-0.4, -0.2) is 45.9 Å². The molecule has 3 rings (SSSR count). The first-order valence-corrected chi connectivity index (χ1v) is 8.82. The van der Waals surface area contributed by atoms with Crippen molar-refractivity contribution in [3.8, 4) is 5.75 Å². The summed E-state index contributed by atoms with van der Waals surface area (Å²) in [5.41, 5.74) is 1.25. The summed E-state index contributed by atoms with van der Waals surface area (Å²) in [4.78, 5) is 28.9. The summed E-state index contributed by atoms with van der Waals surface area (Å²) in [5, 5.41) is 21.6. The van der Waals surface area contributed by atoms with E-state index in [9.17, 15) is 19.8 Å². The summed E-state index contributed by atoms with van der Waals surface area (Å²) < 4.78 is 11.3. The second kappa shape index (κ2) is 8.05. The standard InChI is InChI=1S/C20H22N2O6/c1-20(2)27-11-14-13(8-21-17(16(25)10-24)18(14)28-20)19(26)22-15(9-23)12-6-4-3-5-7-12/h3-8,15,23-24H,9-11H2,1-2H3,(H,22,26)/t15-/m1/s1. The van der Waals surface area contributed by atoms with Gasteiger partial charge >= 0.3 is 0 Å². The molecule has 0 aliphatic carbocycles. The van der Waals surface area contributed by atoms with E-state index in [0.717, 1.165) is 5.56 Å². The molecule has 1 aromatic heterocycles. The molecule has 8 nitrogen and oxygen atoms in total. The molecule has 1 atom stereocenters. The topological polar surface area (TPSA) is 118 Å². The Bertz CT molecular complexity index is 882. The summed E-state index contributed by atoms with van der Waals surface area (Å²) in [6.07, 6.45) is 1.25. The first-order chi connectivity index (χ1) is 13.4. The largest absolute Gasteiger partial charge is 0.460 e. The van der Waals surface area contributed by atoms with Crippen molar-refractivity contribution in [2.45, 2.75) is 32.3 Å². The number of hydrogen-bond donors (Lipinski definition) is 3. The molecule has 0 radical (unpaired) electrons. The van der Waals surface area contributed by atoms with E-state index in [0.29, 0.717) is 5.56 Å². The fourth-order valence-electron chi connectivity index (χ4n) is 2.93. The summed E-state index contributed by atoms with van der Waals surface area (Å²) in [6.45, 7) is 2.37. The number of aliphatic hydroxyl groups excluding tert-OH is 2. The number of aromatic nitrogens is 1. The number of benzene rings is 1. The highest BCUT2D eigenvalue weighted by molar-refractivity contribution is 6.01. The molecule has 8 heteroatoms. The molecule has 0 unspecified atom stereocenters. The molecule has 2 aromatic rings. The van der Waals surface area contributed by atoms with Crippen LogP contribution in [0.5, 0.6) is 5.75 Å². The van der Waals surface area contributed by atoms with Crippen molar-refractivity contribution in [2.24, 2.45) is 0 Å². The van der Waals surface area contributed by atoms with Crippen molar-refractivity contribution in [3.05, 3.63) is 58.9 Å². The Kier molecular flexibility index (Phi) is 5.73. The second-order valence-electron chi connectivity index (χ2n) is 6.82. The van der Waals surface area contributed by atoms with Crippen LogP contribution in [0.4, 0.5) is 0 Å². The molecule has 1 aliphatic rings. The van der Waals surface area contributed by atoms with Gasteiger partial charge in [-0.25, -0.2) is 4.98 Å². The van der Waals surface area contributed by atoms with E-state index in [-0.39, 0.29) is 30.2 Å². The number of aliphatic hydroxyl groups is 2. The molecular formula is C20H22N2O6. The van der Waals surface area contributed by atoms with Crippen molar-refractivity contribution < 1.29 is 29.3 Å². The van der Waals surface area contributed by atoms with Gasteiger partial charge in [-0.2, -0.15) is 0 Å². The van der Waals surface area contributed by atoms with Gasteiger partial charge in [-0.1, -0.05) is 30.3 Å². The Hall–Kier alpha value is -2.81. The van der Waals surface area contributed by atoms with E-state index in [4.69, 9.17) is 9.47 Å². The van der Waals surface area contributed by atoms with E-state index < -0.39 is 30.1 Å². The van der Waals surface area contributed by atoms with Gasteiger partial charge in [-0.15, -0.1) is 0 Å². The van der Waals surface area contributed by atoms with Gasteiger partial charge < -0.3 is 25.0 Å². The van der Waals surface area contributed by atoms with Gasteiger partial charge in [0.1, 0.15) is 6.61 Å². The highest BCUT2D eigenvalue weighted by Crippen LogP contribution is 2.35. The highest BCUT2D eigenvalue weighted by atomic mass is 16.7. The average Bonchev–Trinajstić information content (AvgIpc) is 2.70. The normalized spacial score (nSPS) is 15.9. The SMILES string of the molecule is CC1(C)OCc2c(C(=O)N[C@H](CO)c3ccccc3)cnc(C(=O)CO)c2O1. The first kappa shape index (κ1) is 19.9. The van der Waals surface area contributed by atoms with Crippen LogP contribution in [0.25, 0.3) is 0 Å². The maximum atomic E-state index is 12.9. The molecule has 1 aliphatic heterocycles. The molecule has 0 saturated heterocycles. The predicted octanol–water partition coefficient (Wildman–Crippen LogP) is 1.37. The summed E-state index contributed by atoms with van der Waals surface area (Å²) >= 11 is 0. The predicted molar refractivity (Wildman–Crippen MR) is 98.9 cm³/mol. The van der Waals surface area contributed by atoms with Crippen LogP contribution in [0.1, 0.15) is 51.9 Å². The van der Waals surface area contributed by atoms with Gasteiger partial charge in [0.2, 0.25) is 11.6 Å². The fourth-order valence-corrected chi connectivity index (χ4v) is 2.93. The number of carbonyl (C=O) groups is 2. The van der Waals surface area contributed by atoms with Crippen LogP contribution < -0.4 is 10.1 Å². The number of hydrogen-bond acceptors (Lipinski definition) is 7. The third-order valence-electron chi connectivity index (χ3n) is 4.39. The molecule has 0 fully saturated rings. The lowest BCUT2D eigenvalue weighted by atomic mass is 10.0. The zero-order valence-electron chi connectivity index (χ0n) is 15.6. The lowest BCUT2D eigenvalue weighted by molar-refractivity contribution is -0.180. The van der Waals surface area contributed by atoms with Crippen molar-refractivity contribution in [1.82, 2.24) is 10.3 Å². The van der Waals surface area contributed by atoms with Crippen molar-refractivity contribution in [1.29, 1.82) is 0 Å². The summed E-state index contributed by atoms with van der Waals surface area (Å²) in [5.74, 6) is -1.98. The molecule has 0 spiro atoms. The fraction of sp³-hybridized carbons (Fsp3) is 0.350. The highest BCUT2D eigenvalue weighted by Gasteiger charge is 2.34. The lowest BCUT2D eigenvalue weighted by Crippen LogP contribution is -2.38. The molecular weight excluding hydrogens is 364 g/mol. The molecule has 0 saturated carbocycles. The van der Waals surface area contributed by atoms with Crippen molar-refractivity contribution in [3.63, 3.8) is 0 Å². The van der Waals surface area contributed by atoms with Crippen LogP contribution in [0.15, 0.2) is 36.5 Å². The van der Waals surface area contributed by atoms with Crippen molar-refractivity contribution in [2.75, 3.05) is 13.2 Å². The number of nitrogens with zero attached hydrogens (tertiary/aromatic N) is 1. The summed E-state index contributed by atoms with van der Waals surface area (Å²) in [6, 6.07) is 8.45. The van der Waals surface area contributed by atoms with Crippen LogP contribution in [-0.2, 0) is 11.3 Å². The Morgan fingerprint density at radius 1 is 1.25 bits per heavy atom. The Morgan fingerprint density at radius 3 is 2.61 bits per heavy atom. The smallest absolute Gasteiger partial charge is 0.253 e. The van der Waals surface area contributed by atoms with Gasteiger partial charge in [0.25, 0.3) is 5.91 Å². The number of ketones is 1. The van der Waals surface area contributed by atoms with E-state index in [2.05, 4.69) is 10.3 Å². The molecule has 148 valence electrons. The molecule has 28 heavy (non-hydrogen) atoms. The first-order valence-electron chi connectivity index (χ1n) is 8.82. The number of nitrogens with one attached hydrogen (secondary N) is 1. The van der Waals surface area contributed by atoms with Gasteiger partial charge in [0, 0.05) is 25.6 Å². The summed E-state index contributed by atoms with van der Waals surface area (Å²) in [7, 11) is 0. The Balaban J connectivity index is 1.96. The number of amides is 1. The van der Waals surface area contributed by atoms with Gasteiger partial charge in [-0.05, 0) is 5.56 Å². The average molecular weight is 386 g/mol. The number of carbonyl (C=O) groups excluding carboxylic acids is 2. The zero-order chi connectivity index (χ0) is 20.3. The molecule has 3 N–H and O–H groups in total. The minimum absolute atomic E-state index is 0.0362.